The van der Waals surface area contributed by atoms with E-state index in [9.17, 15) is 8.42 Å². The van der Waals surface area contributed by atoms with Gasteiger partial charge in [0.2, 0.25) is 10.0 Å². The van der Waals surface area contributed by atoms with Crippen LogP contribution in [0.2, 0.25) is 0 Å². The summed E-state index contributed by atoms with van der Waals surface area (Å²) in [6, 6.07) is 16.7. The van der Waals surface area contributed by atoms with Gasteiger partial charge >= 0.3 is 0 Å². The third kappa shape index (κ3) is 2.13. The van der Waals surface area contributed by atoms with Gasteiger partial charge in [-0.15, -0.1) is 0 Å². The highest BCUT2D eigenvalue weighted by atomic mass is 32.2. The average Bonchev–Trinajstić information content (AvgIpc) is 2.29. The molecular formula is C12H10NO2S. The van der Waals surface area contributed by atoms with Gasteiger partial charge in [-0.1, -0.05) is 36.4 Å². The Labute approximate surface area is 94.6 Å². The molecule has 81 valence electrons. The number of hydrogen-bond acceptors (Lipinski definition) is 2. The van der Waals surface area contributed by atoms with Crippen LogP contribution in [0.5, 0.6) is 0 Å². The van der Waals surface area contributed by atoms with Crippen LogP contribution in [0, 0.1) is 6.07 Å². The monoisotopic (exact) mass is 232 g/mol. The Kier molecular flexibility index (Phi) is 2.77. The molecule has 2 rings (SSSR count). The number of benzene rings is 2. The summed E-state index contributed by atoms with van der Waals surface area (Å²) in [7, 11) is -3.70. The van der Waals surface area contributed by atoms with E-state index < -0.39 is 10.0 Å². The van der Waals surface area contributed by atoms with Gasteiger partial charge in [0.05, 0.1) is 4.90 Å². The summed E-state index contributed by atoms with van der Waals surface area (Å²) in [5.41, 5.74) is 1.38. The molecule has 0 saturated carbocycles. The Balaban J connectivity index is 2.68. The van der Waals surface area contributed by atoms with E-state index in [-0.39, 0.29) is 4.90 Å². The molecule has 3 nitrogen and oxygen atoms in total. The smallest absolute Gasteiger partial charge is 0.225 e. The van der Waals surface area contributed by atoms with Crippen molar-refractivity contribution in [3.05, 3.63) is 54.6 Å². The number of rotatable bonds is 2. The second-order valence-corrected chi connectivity index (χ2v) is 4.86. The Morgan fingerprint density at radius 1 is 1.06 bits per heavy atom. The topological polar surface area (TPSA) is 60.2 Å². The molecule has 0 spiro atoms. The predicted molar refractivity (Wildman–Crippen MR) is 62.1 cm³/mol. The van der Waals surface area contributed by atoms with E-state index >= 15 is 0 Å². The molecule has 2 aromatic carbocycles. The van der Waals surface area contributed by atoms with Gasteiger partial charge in [0.15, 0.2) is 0 Å². The molecule has 0 aromatic heterocycles. The van der Waals surface area contributed by atoms with Crippen molar-refractivity contribution in [1.82, 2.24) is 0 Å². The maximum atomic E-state index is 11.4. The minimum absolute atomic E-state index is 0.123. The molecule has 0 saturated heterocycles. The summed E-state index contributed by atoms with van der Waals surface area (Å²) in [6.45, 7) is 0. The molecule has 0 amide bonds. The predicted octanol–water partition coefficient (Wildman–Crippen LogP) is 1.80. The van der Waals surface area contributed by atoms with Crippen LogP contribution in [0.1, 0.15) is 0 Å². The van der Waals surface area contributed by atoms with Gasteiger partial charge < -0.3 is 0 Å². The highest BCUT2D eigenvalue weighted by molar-refractivity contribution is 7.89. The van der Waals surface area contributed by atoms with E-state index in [1.54, 1.807) is 6.07 Å². The molecule has 2 N–H and O–H groups in total. The normalized spacial score (nSPS) is 11.3. The van der Waals surface area contributed by atoms with E-state index in [0.717, 1.165) is 5.56 Å². The van der Waals surface area contributed by atoms with Gasteiger partial charge in [0.25, 0.3) is 0 Å². The largest absolute Gasteiger partial charge is 0.238 e. The number of nitrogens with two attached hydrogens (primary N) is 1. The van der Waals surface area contributed by atoms with Gasteiger partial charge in [-0.05, 0) is 23.8 Å². The molecule has 1 radical (unpaired) electrons. The van der Waals surface area contributed by atoms with E-state index in [4.69, 9.17) is 5.14 Å². The SMILES string of the molecule is NS(=O)(=O)c1cc[c]cc1-c1ccccc1. The third-order valence-electron chi connectivity index (χ3n) is 2.22. The van der Waals surface area contributed by atoms with Crippen molar-refractivity contribution in [2.75, 3.05) is 0 Å². The van der Waals surface area contributed by atoms with Crippen LogP contribution in [0.15, 0.2) is 53.4 Å². The highest BCUT2D eigenvalue weighted by Crippen LogP contribution is 2.25. The van der Waals surface area contributed by atoms with E-state index in [1.165, 1.54) is 12.1 Å². The molecule has 16 heavy (non-hydrogen) atoms. The van der Waals surface area contributed by atoms with Crippen molar-refractivity contribution in [2.24, 2.45) is 5.14 Å². The van der Waals surface area contributed by atoms with E-state index in [1.807, 2.05) is 30.3 Å². The van der Waals surface area contributed by atoms with Gasteiger partial charge in [-0.3, -0.25) is 0 Å². The van der Waals surface area contributed by atoms with E-state index in [0.29, 0.717) is 5.56 Å². The lowest BCUT2D eigenvalue weighted by Gasteiger charge is -2.06. The number of hydrogen-bond donors (Lipinski definition) is 1. The maximum absolute atomic E-state index is 11.4. The van der Waals surface area contributed by atoms with Crippen molar-refractivity contribution in [3.63, 3.8) is 0 Å². The fourth-order valence-electron chi connectivity index (χ4n) is 1.51. The zero-order valence-electron chi connectivity index (χ0n) is 8.42. The Hall–Kier alpha value is -1.65. The lowest BCUT2D eigenvalue weighted by Crippen LogP contribution is -2.13. The summed E-state index contributed by atoms with van der Waals surface area (Å²) in [5, 5.41) is 5.15. The van der Waals surface area contributed by atoms with Crippen molar-refractivity contribution in [2.45, 2.75) is 4.90 Å². The summed E-state index contributed by atoms with van der Waals surface area (Å²) in [5.74, 6) is 0. The van der Waals surface area contributed by atoms with Crippen molar-refractivity contribution >= 4 is 10.0 Å². The molecule has 0 aliphatic carbocycles. The van der Waals surface area contributed by atoms with Gasteiger partial charge in [-0.25, -0.2) is 13.6 Å². The van der Waals surface area contributed by atoms with E-state index in [2.05, 4.69) is 6.07 Å². The molecule has 4 heteroatoms. The zero-order chi connectivity index (χ0) is 11.6. The second kappa shape index (κ2) is 4.08. The van der Waals surface area contributed by atoms with Gasteiger partial charge in [0.1, 0.15) is 0 Å². The van der Waals surface area contributed by atoms with Crippen molar-refractivity contribution < 1.29 is 8.42 Å². The van der Waals surface area contributed by atoms with Crippen molar-refractivity contribution in [3.8, 4) is 11.1 Å². The summed E-state index contributed by atoms with van der Waals surface area (Å²) in [6.07, 6.45) is 0. The fraction of sp³-hybridized carbons (Fsp3) is 0. The molecule has 2 aromatic rings. The number of sulfonamides is 1. The van der Waals surface area contributed by atoms with Crippen LogP contribution >= 0.6 is 0 Å². The molecule has 0 atom stereocenters. The molecule has 0 aliphatic heterocycles. The van der Waals surface area contributed by atoms with Crippen LogP contribution in [0.25, 0.3) is 11.1 Å². The van der Waals surface area contributed by atoms with Gasteiger partial charge in [-0.2, -0.15) is 0 Å². The minimum atomic E-state index is -3.70. The fourth-order valence-corrected chi connectivity index (χ4v) is 2.25. The molecule has 0 unspecified atom stereocenters. The van der Waals surface area contributed by atoms with Gasteiger partial charge in [0, 0.05) is 5.56 Å². The average molecular weight is 232 g/mol. The first-order valence-electron chi connectivity index (χ1n) is 4.67. The Bertz CT molecular complexity index is 591. The number of primary sulfonamides is 1. The first kappa shape index (κ1) is 10.9. The Morgan fingerprint density at radius 3 is 2.38 bits per heavy atom. The van der Waals surface area contributed by atoms with Crippen LogP contribution < -0.4 is 5.14 Å². The zero-order valence-corrected chi connectivity index (χ0v) is 9.24. The summed E-state index contributed by atoms with van der Waals surface area (Å²) >= 11 is 0. The Morgan fingerprint density at radius 2 is 1.75 bits per heavy atom. The van der Waals surface area contributed by atoms with Crippen LogP contribution in [-0.4, -0.2) is 8.42 Å². The first-order chi connectivity index (χ1) is 7.59. The standard InChI is InChI=1S/C12H10NO2S/c13-16(14,15)12-9-5-4-8-11(12)10-6-2-1-3-7-10/h1-3,5-9H,(H2,13,14,15). The summed E-state index contributed by atoms with van der Waals surface area (Å²) < 4.78 is 22.8. The maximum Gasteiger partial charge on any atom is 0.238 e. The van der Waals surface area contributed by atoms with Crippen molar-refractivity contribution in [1.29, 1.82) is 0 Å². The lowest BCUT2D eigenvalue weighted by molar-refractivity contribution is 0.598. The highest BCUT2D eigenvalue weighted by Gasteiger charge is 2.13. The molecule has 0 aliphatic rings. The molecule has 0 bridgehead atoms. The quantitative estimate of drug-likeness (QED) is 0.858. The lowest BCUT2D eigenvalue weighted by atomic mass is 10.1. The van der Waals surface area contributed by atoms with Crippen LogP contribution in [-0.2, 0) is 10.0 Å². The molecule has 0 fully saturated rings. The summed E-state index contributed by atoms with van der Waals surface area (Å²) in [4.78, 5) is 0.123. The molecular weight excluding hydrogens is 222 g/mol. The molecule has 0 heterocycles. The third-order valence-corrected chi connectivity index (χ3v) is 3.18. The minimum Gasteiger partial charge on any atom is -0.225 e. The van der Waals surface area contributed by atoms with Crippen LogP contribution in [0.3, 0.4) is 0 Å². The second-order valence-electron chi connectivity index (χ2n) is 3.33. The van der Waals surface area contributed by atoms with Crippen LogP contribution in [0.4, 0.5) is 0 Å². The first-order valence-corrected chi connectivity index (χ1v) is 6.22.